The molecule has 1 fully saturated rings. The molecule has 94 valence electrons. The van der Waals surface area contributed by atoms with E-state index in [1.54, 1.807) is 19.1 Å². The van der Waals surface area contributed by atoms with Gasteiger partial charge in [0, 0.05) is 12.6 Å². The Morgan fingerprint density at radius 2 is 2.06 bits per heavy atom. The molecule has 0 aliphatic heterocycles. The van der Waals surface area contributed by atoms with Gasteiger partial charge in [0.15, 0.2) is 0 Å². The van der Waals surface area contributed by atoms with Crippen molar-refractivity contribution in [3.8, 4) is 5.75 Å². The Morgan fingerprint density at radius 3 is 2.65 bits per heavy atom. The van der Waals surface area contributed by atoms with Crippen LogP contribution in [0.3, 0.4) is 0 Å². The summed E-state index contributed by atoms with van der Waals surface area (Å²) in [6.45, 7) is 2.43. The Balaban J connectivity index is 1.76. The Labute approximate surface area is 101 Å². The Hall–Kier alpha value is -1.13. The maximum Gasteiger partial charge on any atom is 0.123 e. The molecule has 0 amide bonds. The van der Waals surface area contributed by atoms with Gasteiger partial charge in [0.05, 0.1) is 0 Å². The van der Waals surface area contributed by atoms with Crippen molar-refractivity contribution in [2.75, 3.05) is 13.2 Å². The van der Waals surface area contributed by atoms with Crippen molar-refractivity contribution in [3.05, 3.63) is 30.1 Å². The third-order valence-corrected chi connectivity index (χ3v) is 2.71. The van der Waals surface area contributed by atoms with Crippen LogP contribution in [-0.2, 0) is 0 Å². The van der Waals surface area contributed by atoms with E-state index in [9.17, 15) is 9.50 Å². The van der Waals surface area contributed by atoms with Crippen LogP contribution in [-0.4, -0.2) is 29.9 Å². The zero-order valence-electron chi connectivity index (χ0n) is 9.95. The van der Waals surface area contributed by atoms with E-state index in [0.717, 1.165) is 0 Å². The predicted octanol–water partition coefficient (Wildman–Crippen LogP) is 1.71. The number of aliphatic hydroxyl groups is 1. The van der Waals surface area contributed by atoms with Gasteiger partial charge in [-0.25, -0.2) is 4.39 Å². The highest BCUT2D eigenvalue weighted by Gasteiger charge is 2.27. The highest BCUT2D eigenvalue weighted by atomic mass is 19.1. The summed E-state index contributed by atoms with van der Waals surface area (Å²) in [7, 11) is 0. The van der Waals surface area contributed by atoms with Crippen LogP contribution >= 0.6 is 0 Å². The second-order valence-electron chi connectivity index (χ2n) is 4.89. The van der Waals surface area contributed by atoms with Crippen LogP contribution in [0.25, 0.3) is 0 Å². The van der Waals surface area contributed by atoms with E-state index in [0.29, 0.717) is 18.3 Å². The minimum atomic E-state index is -0.906. The van der Waals surface area contributed by atoms with E-state index < -0.39 is 5.60 Å². The lowest BCUT2D eigenvalue weighted by Gasteiger charge is -2.24. The van der Waals surface area contributed by atoms with Crippen LogP contribution in [0.4, 0.5) is 4.39 Å². The van der Waals surface area contributed by atoms with Gasteiger partial charge in [-0.3, -0.25) is 0 Å². The van der Waals surface area contributed by atoms with Crippen LogP contribution in [0.2, 0.25) is 0 Å². The minimum absolute atomic E-state index is 0.193. The quantitative estimate of drug-likeness (QED) is 0.794. The van der Waals surface area contributed by atoms with Crippen molar-refractivity contribution in [2.24, 2.45) is 0 Å². The third kappa shape index (κ3) is 4.32. The molecule has 0 radical (unpaired) electrons. The van der Waals surface area contributed by atoms with Gasteiger partial charge in [-0.05, 0) is 44.0 Å². The average molecular weight is 239 g/mol. The van der Waals surface area contributed by atoms with Gasteiger partial charge in [-0.15, -0.1) is 0 Å². The standard InChI is InChI=1S/C13H18FNO2/c1-13(16,8-15-11-4-5-11)9-17-12-6-2-10(14)3-7-12/h2-3,6-7,11,15-16H,4-5,8-9H2,1H3. The first kappa shape index (κ1) is 12.3. The molecule has 1 unspecified atom stereocenters. The summed E-state index contributed by atoms with van der Waals surface area (Å²) in [5.41, 5.74) is -0.906. The molecule has 2 N–H and O–H groups in total. The van der Waals surface area contributed by atoms with Gasteiger partial charge >= 0.3 is 0 Å². The van der Waals surface area contributed by atoms with Crippen molar-refractivity contribution in [2.45, 2.75) is 31.4 Å². The van der Waals surface area contributed by atoms with Gasteiger partial charge in [0.1, 0.15) is 23.8 Å². The second-order valence-corrected chi connectivity index (χ2v) is 4.89. The van der Waals surface area contributed by atoms with E-state index in [-0.39, 0.29) is 12.4 Å². The van der Waals surface area contributed by atoms with Crippen LogP contribution in [0, 0.1) is 5.82 Å². The molecule has 0 saturated heterocycles. The lowest BCUT2D eigenvalue weighted by molar-refractivity contribution is 0.0120. The number of hydrogen-bond donors (Lipinski definition) is 2. The summed E-state index contributed by atoms with van der Waals surface area (Å²) in [5, 5.41) is 13.3. The van der Waals surface area contributed by atoms with E-state index in [4.69, 9.17) is 4.74 Å². The Bertz CT molecular complexity index is 360. The fourth-order valence-electron chi connectivity index (χ4n) is 1.47. The lowest BCUT2D eigenvalue weighted by Crippen LogP contribution is -2.43. The first-order valence-electron chi connectivity index (χ1n) is 5.89. The number of benzene rings is 1. The van der Waals surface area contributed by atoms with E-state index in [1.165, 1.54) is 25.0 Å². The zero-order chi connectivity index (χ0) is 12.3. The first-order valence-corrected chi connectivity index (χ1v) is 5.89. The number of hydrogen-bond acceptors (Lipinski definition) is 3. The van der Waals surface area contributed by atoms with Crippen molar-refractivity contribution in [1.82, 2.24) is 5.32 Å². The van der Waals surface area contributed by atoms with Crippen molar-refractivity contribution >= 4 is 0 Å². The summed E-state index contributed by atoms with van der Waals surface area (Å²) >= 11 is 0. The van der Waals surface area contributed by atoms with Crippen molar-refractivity contribution < 1.29 is 14.2 Å². The smallest absolute Gasteiger partial charge is 0.123 e. The monoisotopic (exact) mass is 239 g/mol. The fraction of sp³-hybridized carbons (Fsp3) is 0.538. The molecule has 1 aromatic rings. The molecule has 2 rings (SSSR count). The number of nitrogens with one attached hydrogen (secondary N) is 1. The largest absolute Gasteiger partial charge is 0.491 e. The van der Waals surface area contributed by atoms with E-state index in [1.807, 2.05) is 0 Å². The molecule has 1 saturated carbocycles. The van der Waals surface area contributed by atoms with E-state index in [2.05, 4.69) is 5.32 Å². The molecular formula is C13H18FNO2. The molecule has 0 heterocycles. The van der Waals surface area contributed by atoms with E-state index >= 15 is 0 Å². The highest BCUT2D eigenvalue weighted by Crippen LogP contribution is 2.20. The third-order valence-electron chi connectivity index (χ3n) is 2.71. The first-order chi connectivity index (χ1) is 8.05. The van der Waals surface area contributed by atoms with Crippen LogP contribution in [0.1, 0.15) is 19.8 Å². The lowest BCUT2D eigenvalue weighted by atomic mass is 10.1. The summed E-state index contributed by atoms with van der Waals surface area (Å²) in [5.74, 6) is 0.276. The summed E-state index contributed by atoms with van der Waals surface area (Å²) in [4.78, 5) is 0. The molecule has 1 aromatic carbocycles. The van der Waals surface area contributed by atoms with Crippen LogP contribution in [0.15, 0.2) is 24.3 Å². The zero-order valence-corrected chi connectivity index (χ0v) is 9.95. The fourth-order valence-corrected chi connectivity index (χ4v) is 1.47. The maximum absolute atomic E-state index is 12.7. The SMILES string of the molecule is CC(O)(CNC1CC1)COc1ccc(F)cc1. The van der Waals surface area contributed by atoms with Crippen molar-refractivity contribution in [1.29, 1.82) is 0 Å². The molecule has 3 nitrogen and oxygen atoms in total. The molecule has 1 aliphatic carbocycles. The molecule has 17 heavy (non-hydrogen) atoms. The van der Waals surface area contributed by atoms with Gasteiger partial charge in [0.2, 0.25) is 0 Å². The van der Waals surface area contributed by atoms with Gasteiger partial charge in [-0.1, -0.05) is 0 Å². The molecule has 1 atom stereocenters. The second kappa shape index (κ2) is 5.02. The number of rotatable bonds is 6. The summed E-state index contributed by atoms with van der Waals surface area (Å²) in [6.07, 6.45) is 2.38. The molecule has 4 heteroatoms. The molecular weight excluding hydrogens is 221 g/mol. The Morgan fingerprint density at radius 1 is 1.41 bits per heavy atom. The summed E-state index contributed by atoms with van der Waals surface area (Å²) < 4.78 is 18.1. The normalized spacial score (nSPS) is 18.8. The Kier molecular flexibility index (Phi) is 3.64. The van der Waals surface area contributed by atoms with Crippen molar-refractivity contribution in [3.63, 3.8) is 0 Å². The number of halogens is 1. The summed E-state index contributed by atoms with van der Waals surface area (Å²) in [6, 6.07) is 6.35. The maximum atomic E-state index is 12.7. The number of ether oxygens (including phenoxy) is 1. The van der Waals surface area contributed by atoms with Gasteiger partial charge in [-0.2, -0.15) is 0 Å². The molecule has 0 bridgehead atoms. The topological polar surface area (TPSA) is 41.5 Å². The van der Waals surface area contributed by atoms with Gasteiger partial charge < -0.3 is 15.2 Å². The minimum Gasteiger partial charge on any atom is -0.491 e. The van der Waals surface area contributed by atoms with Gasteiger partial charge in [0.25, 0.3) is 0 Å². The molecule has 0 aromatic heterocycles. The average Bonchev–Trinajstić information content (AvgIpc) is 3.10. The molecule has 1 aliphatic rings. The highest BCUT2D eigenvalue weighted by molar-refractivity contribution is 5.22. The van der Waals surface area contributed by atoms with Crippen LogP contribution in [0.5, 0.6) is 5.75 Å². The molecule has 0 spiro atoms. The van der Waals surface area contributed by atoms with Crippen LogP contribution < -0.4 is 10.1 Å². The predicted molar refractivity (Wildman–Crippen MR) is 63.5 cm³/mol.